The van der Waals surface area contributed by atoms with Crippen LogP contribution < -0.4 is 16.0 Å². The van der Waals surface area contributed by atoms with Gasteiger partial charge in [0.05, 0.1) is 5.52 Å². The lowest BCUT2D eigenvalue weighted by Gasteiger charge is -2.30. The molecule has 6 heteroatoms. The molecule has 120 valence electrons. The fraction of sp³-hybridized carbons (Fsp3) is 0.353. The van der Waals surface area contributed by atoms with E-state index in [2.05, 4.69) is 26.8 Å². The van der Waals surface area contributed by atoms with Crippen molar-refractivity contribution in [2.75, 3.05) is 29.9 Å². The van der Waals surface area contributed by atoms with Gasteiger partial charge in [0.15, 0.2) is 0 Å². The number of hydrogen-bond donors (Lipinski definition) is 2. The smallest absolute Gasteiger partial charge is 0.227 e. The lowest BCUT2D eigenvalue weighted by molar-refractivity contribution is -0.122. The quantitative estimate of drug-likeness (QED) is 0.824. The Bertz CT molecular complexity index is 722. The average Bonchev–Trinajstić information content (AvgIpc) is 2.59. The van der Waals surface area contributed by atoms with Gasteiger partial charge in [-0.05, 0) is 25.0 Å². The Morgan fingerprint density at radius 2 is 2.09 bits per heavy atom. The standard InChI is InChI=1S/C17H21N5O/c1-2-9-19-16-13-5-3-4-6-14(13)20-17(21-16)22-10-7-12(8-11-22)15(18)23/h2-6,12H,1,7-11H2,(H2,18,23)(H,19,20,21). The average molecular weight is 311 g/mol. The van der Waals surface area contributed by atoms with E-state index in [1.165, 1.54) is 0 Å². The molecule has 1 fully saturated rings. The molecule has 3 N–H and O–H groups in total. The van der Waals surface area contributed by atoms with Gasteiger partial charge in [-0.3, -0.25) is 4.79 Å². The third-order valence-corrected chi connectivity index (χ3v) is 4.19. The molecule has 1 aromatic carbocycles. The Morgan fingerprint density at radius 1 is 1.35 bits per heavy atom. The Labute approximate surface area is 135 Å². The van der Waals surface area contributed by atoms with Crippen molar-refractivity contribution in [3.8, 4) is 0 Å². The van der Waals surface area contributed by atoms with Crippen LogP contribution in [0.4, 0.5) is 11.8 Å². The van der Waals surface area contributed by atoms with Crippen LogP contribution in [-0.4, -0.2) is 35.5 Å². The highest BCUT2D eigenvalue weighted by Gasteiger charge is 2.25. The summed E-state index contributed by atoms with van der Waals surface area (Å²) in [7, 11) is 0. The monoisotopic (exact) mass is 311 g/mol. The fourth-order valence-electron chi connectivity index (χ4n) is 2.87. The Morgan fingerprint density at radius 3 is 2.78 bits per heavy atom. The molecule has 23 heavy (non-hydrogen) atoms. The summed E-state index contributed by atoms with van der Waals surface area (Å²) in [6.07, 6.45) is 3.30. The SMILES string of the molecule is C=CCNc1nc(N2CCC(C(N)=O)CC2)nc2ccccc12. The van der Waals surface area contributed by atoms with Crippen molar-refractivity contribution >= 4 is 28.6 Å². The minimum absolute atomic E-state index is 0.0370. The first-order valence-corrected chi connectivity index (χ1v) is 7.85. The van der Waals surface area contributed by atoms with E-state index in [0.717, 1.165) is 42.7 Å². The number of para-hydroxylation sites is 1. The van der Waals surface area contributed by atoms with Crippen LogP contribution in [0, 0.1) is 5.92 Å². The Balaban J connectivity index is 1.89. The van der Waals surface area contributed by atoms with E-state index < -0.39 is 0 Å². The zero-order valence-corrected chi connectivity index (χ0v) is 13.0. The summed E-state index contributed by atoms with van der Waals surface area (Å²) < 4.78 is 0. The Hall–Kier alpha value is -2.63. The van der Waals surface area contributed by atoms with Crippen LogP contribution in [0.2, 0.25) is 0 Å². The van der Waals surface area contributed by atoms with Crippen molar-refractivity contribution in [2.45, 2.75) is 12.8 Å². The molecule has 1 amide bonds. The van der Waals surface area contributed by atoms with Crippen molar-refractivity contribution in [3.63, 3.8) is 0 Å². The number of nitrogens with one attached hydrogen (secondary N) is 1. The summed E-state index contributed by atoms with van der Waals surface area (Å²) in [6.45, 7) is 5.86. The van der Waals surface area contributed by atoms with Gasteiger partial charge in [-0.2, -0.15) is 4.98 Å². The van der Waals surface area contributed by atoms with Crippen LogP contribution in [0.5, 0.6) is 0 Å². The van der Waals surface area contributed by atoms with Gasteiger partial charge in [0, 0.05) is 30.9 Å². The minimum atomic E-state index is -0.211. The first-order chi connectivity index (χ1) is 11.2. The predicted octanol–water partition coefficient (Wildman–Crippen LogP) is 1.93. The van der Waals surface area contributed by atoms with Gasteiger partial charge in [-0.1, -0.05) is 18.2 Å². The highest BCUT2D eigenvalue weighted by molar-refractivity contribution is 5.90. The maximum Gasteiger partial charge on any atom is 0.227 e. The van der Waals surface area contributed by atoms with Crippen molar-refractivity contribution < 1.29 is 4.79 Å². The lowest BCUT2D eigenvalue weighted by Crippen LogP contribution is -2.39. The van der Waals surface area contributed by atoms with E-state index in [4.69, 9.17) is 5.73 Å². The molecule has 2 aromatic rings. The fourth-order valence-corrected chi connectivity index (χ4v) is 2.87. The summed E-state index contributed by atoms with van der Waals surface area (Å²) in [5, 5.41) is 4.26. The second-order valence-electron chi connectivity index (χ2n) is 5.72. The number of primary amides is 1. The molecule has 0 bridgehead atoms. The number of amides is 1. The van der Waals surface area contributed by atoms with Crippen molar-refractivity contribution in [1.29, 1.82) is 0 Å². The van der Waals surface area contributed by atoms with Crippen LogP contribution in [0.15, 0.2) is 36.9 Å². The number of carbonyl (C=O) groups is 1. The zero-order chi connectivity index (χ0) is 16.2. The van der Waals surface area contributed by atoms with Gasteiger partial charge in [-0.25, -0.2) is 4.98 Å². The normalized spacial score (nSPS) is 15.6. The summed E-state index contributed by atoms with van der Waals surface area (Å²) in [6, 6.07) is 7.93. The van der Waals surface area contributed by atoms with Crippen LogP contribution in [0.3, 0.4) is 0 Å². The maximum absolute atomic E-state index is 11.3. The third kappa shape index (κ3) is 3.26. The number of carbonyl (C=O) groups excluding carboxylic acids is 1. The number of anilines is 2. The first-order valence-electron chi connectivity index (χ1n) is 7.85. The molecule has 1 aliphatic heterocycles. The molecule has 0 saturated carbocycles. The van der Waals surface area contributed by atoms with Gasteiger partial charge in [0.1, 0.15) is 5.82 Å². The van der Waals surface area contributed by atoms with Crippen LogP contribution in [0.1, 0.15) is 12.8 Å². The van der Waals surface area contributed by atoms with Crippen LogP contribution in [-0.2, 0) is 4.79 Å². The number of hydrogen-bond acceptors (Lipinski definition) is 5. The predicted molar refractivity (Wildman–Crippen MR) is 92.4 cm³/mol. The van der Waals surface area contributed by atoms with Crippen LogP contribution in [0.25, 0.3) is 10.9 Å². The van der Waals surface area contributed by atoms with Gasteiger partial charge < -0.3 is 16.0 Å². The zero-order valence-electron chi connectivity index (χ0n) is 13.0. The molecule has 0 radical (unpaired) electrons. The first kappa shape index (κ1) is 15.3. The minimum Gasteiger partial charge on any atom is -0.369 e. The molecule has 0 unspecified atom stereocenters. The van der Waals surface area contributed by atoms with Gasteiger partial charge >= 0.3 is 0 Å². The Kier molecular flexibility index (Phi) is 4.41. The number of aromatic nitrogens is 2. The molecule has 1 aromatic heterocycles. The topological polar surface area (TPSA) is 84.1 Å². The summed E-state index contributed by atoms with van der Waals surface area (Å²) >= 11 is 0. The molecular weight excluding hydrogens is 290 g/mol. The highest BCUT2D eigenvalue weighted by Crippen LogP contribution is 2.26. The second kappa shape index (κ2) is 6.64. The number of nitrogens with two attached hydrogens (primary N) is 1. The lowest BCUT2D eigenvalue weighted by atomic mass is 9.96. The molecule has 0 aliphatic carbocycles. The molecule has 6 nitrogen and oxygen atoms in total. The van der Waals surface area contributed by atoms with Crippen molar-refractivity contribution in [3.05, 3.63) is 36.9 Å². The summed E-state index contributed by atoms with van der Waals surface area (Å²) in [4.78, 5) is 22.8. The van der Waals surface area contributed by atoms with E-state index in [9.17, 15) is 4.79 Å². The molecule has 2 heterocycles. The van der Waals surface area contributed by atoms with E-state index >= 15 is 0 Å². The highest BCUT2D eigenvalue weighted by atomic mass is 16.1. The number of piperidine rings is 1. The van der Waals surface area contributed by atoms with Gasteiger partial charge in [0.25, 0.3) is 0 Å². The number of fused-ring (bicyclic) bond motifs is 1. The van der Waals surface area contributed by atoms with E-state index in [1.807, 2.05) is 24.3 Å². The number of benzene rings is 1. The molecule has 1 aliphatic rings. The largest absolute Gasteiger partial charge is 0.369 e. The molecule has 0 spiro atoms. The van der Waals surface area contributed by atoms with Crippen LogP contribution >= 0.6 is 0 Å². The van der Waals surface area contributed by atoms with Gasteiger partial charge in [0.2, 0.25) is 11.9 Å². The number of rotatable bonds is 5. The van der Waals surface area contributed by atoms with E-state index in [0.29, 0.717) is 12.5 Å². The van der Waals surface area contributed by atoms with Crippen molar-refractivity contribution in [1.82, 2.24) is 9.97 Å². The summed E-state index contributed by atoms with van der Waals surface area (Å²) in [5.74, 6) is 1.25. The van der Waals surface area contributed by atoms with Crippen molar-refractivity contribution in [2.24, 2.45) is 11.7 Å². The molecule has 3 rings (SSSR count). The van der Waals surface area contributed by atoms with E-state index in [1.54, 1.807) is 6.08 Å². The summed E-state index contributed by atoms with van der Waals surface area (Å²) in [5.41, 5.74) is 6.30. The number of nitrogens with zero attached hydrogens (tertiary/aromatic N) is 3. The van der Waals surface area contributed by atoms with E-state index in [-0.39, 0.29) is 11.8 Å². The molecular formula is C17H21N5O. The molecule has 0 atom stereocenters. The third-order valence-electron chi connectivity index (χ3n) is 4.19. The second-order valence-corrected chi connectivity index (χ2v) is 5.72. The maximum atomic E-state index is 11.3. The van der Waals surface area contributed by atoms with Gasteiger partial charge in [-0.15, -0.1) is 6.58 Å². The molecule has 1 saturated heterocycles.